The quantitative estimate of drug-likeness (QED) is 0.477. The zero-order valence-electron chi connectivity index (χ0n) is 13.9. The van der Waals surface area contributed by atoms with Gasteiger partial charge in [0.2, 0.25) is 0 Å². The van der Waals surface area contributed by atoms with Crippen LogP contribution in [0.4, 0.5) is 0 Å². The van der Waals surface area contributed by atoms with E-state index in [-0.39, 0.29) is 0 Å². The van der Waals surface area contributed by atoms with Gasteiger partial charge in [-0.3, -0.25) is 0 Å². The molecule has 0 atom stereocenters. The van der Waals surface area contributed by atoms with E-state index in [2.05, 4.69) is 27.7 Å². The van der Waals surface area contributed by atoms with Gasteiger partial charge in [-0.2, -0.15) is 0 Å². The molecule has 0 unspecified atom stereocenters. The maximum atomic E-state index is 7.60. The van der Waals surface area contributed by atoms with Crippen LogP contribution in [0.1, 0.15) is 70.4 Å². The Labute approximate surface area is 129 Å². The molecule has 1 rings (SSSR count). The van der Waals surface area contributed by atoms with Gasteiger partial charge in [-0.25, -0.2) is 0 Å². The molecule has 3 nitrogen and oxygen atoms in total. The summed E-state index contributed by atoms with van der Waals surface area (Å²) in [5.41, 5.74) is 1.98. The van der Waals surface area contributed by atoms with Crippen molar-refractivity contribution in [3.05, 3.63) is 23.3 Å². The lowest BCUT2D eigenvalue weighted by molar-refractivity contribution is 0.291. The van der Waals surface area contributed by atoms with Crippen LogP contribution in [0.5, 0.6) is 11.5 Å². The van der Waals surface area contributed by atoms with Crippen LogP contribution in [-0.4, -0.2) is 19.4 Å². The van der Waals surface area contributed by atoms with E-state index in [1.165, 1.54) is 6.21 Å². The monoisotopic (exact) mass is 291 g/mol. The highest BCUT2D eigenvalue weighted by atomic mass is 16.5. The number of benzene rings is 1. The van der Waals surface area contributed by atoms with Gasteiger partial charge in [0.25, 0.3) is 0 Å². The predicted octanol–water partition coefficient (Wildman–Crippen LogP) is 5.17. The summed E-state index contributed by atoms with van der Waals surface area (Å²) in [6.45, 7) is 10.0. The molecule has 118 valence electrons. The van der Waals surface area contributed by atoms with Crippen molar-refractivity contribution < 1.29 is 9.47 Å². The Balaban J connectivity index is 3.00. The Kier molecular flexibility index (Phi) is 7.88. The molecule has 1 aromatic carbocycles. The van der Waals surface area contributed by atoms with Crippen molar-refractivity contribution in [3.8, 4) is 11.5 Å². The molecule has 0 spiro atoms. The number of unbranched alkanes of at least 4 members (excludes halogenated alkanes) is 2. The molecular weight excluding hydrogens is 262 g/mol. The molecule has 21 heavy (non-hydrogen) atoms. The molecule has 0 saturated heterocycles. The van der Waals surface area contributed by atoms with Gasteiger partial charge in [0.1, 0.15) is 11.5 Å². The molecular formula is C18H29NO2. The second-order valence-electron chi connectivity index (χ2n) is 5.63. The second kappa shape index (κ2) is 9.43. The van der Waals surface area contributed by atoms with E-state index >= 15 is 0 Å². The first-order valence-electron chi connectivity index (χ1n) is 8.08. The summed E-state index contributed by atoms with van der Waals surface area (Å²) in [5.74, 6) is 2.02. The highest BCUT2D eigenvalue weighted by Crippen LogP contribution is 2.33. The molecule has 0 amide bonds. The van der Waals surface area contributed by atoms with Crippen LogP contribution in [0.15, 0.2) is 12.1 Å². The summed E-state index contributed by atoms with van der Waals surface area (Å²) < 4.78 is 11.7. The smallest absolute Gasteiger partial charge is 0.131 e. The van der Waals surface area contributed by atoms with E-state index in [1.807, 2.05) is 12.1 Å². The third-order valence-electron chi connectivity index (χ3n) is 3.43. The minimum Gasteiger partial charge on any atom is -0.493 e. The Morgan fingerprint density at radius 3 is 2.05 bits per heavy atom. The Morgan fingerprint density at radius 1 is 1.00 bits per heavy atom. The molecule has 3 heteroatoms. The van der Waals surface area contributed by atoms with Gasteiger partial charge in [-0.15, -0.1) is 0 Å². The topological polar surface area (TPSA) is 42.3 Å². The number of rotatable bonds is 10. The van der Waals surface area contributed by atoms with Crippen molar-refractivity contribution in [2.24, 2.45) is 0 Å². The van der Waals surface area contributed by atoms with E-state index in [4.69, 9.17) is 14.9 Å². The van der Waals surface area contributed by atoms with E-state index in [1.54, 1.807) is 0 Å². The molecule has 0 aliphatic heterocycles. The number of hydrogen-bond donors (Lipinski definition) is 1. The van der Waals surface area contributed by atoms with Crippen molar-refractivity contribution in [2.75, 3.05) is 13.2 Å². The fourth-order valence-corrected chi connectivity index (χ4v) is 2.06. The van der Waals surface area contributed by atoms with Gasteiger partial charge >= 0.3 is 0 Å². The predicted molar refractivity (Wildman–Crippen MR) is 89.2 cm³/mol. The van der Waals surface area contributed by atoms with E-state index < -0.39 is 0 Å². The Hall–Kier alpha value is -1.51. The maximum absolute atomic E-state index is 7.60. The highest BCUT2D eigenvalue weighted by Gasteiger charge is 2.13. The third-order valence-corrected chi connectivity index (χ3v) is 3.43. The molecule has 0 fully saturated rings. The molecule has 0 aliphatic carbocycles. The molecule has 0 bridgehead atoms. The van der Waals surface area contributed by atoms with Crippen molar-refractivity contribution in [3.63, 3.8) is 0 Å². The summed E-state index contributed by atoms with van der Waals surface area (Å²) in [5, 5.41) is 7.60. The standard InChI is InChI=1S/C18H29NO2/c1-5-7-9-20-17-12-18(21-10-8-6-2)16(14(3)4)11-15(17)13-19/h11-14,19H,5-10H2,1-4H3. The molecule has 0 saturated carbocycles. The zero-order chi connectivity index (χ0) is 15.7. The molecule has 1 N–H and O–H groups in total. The molecule has 0 heterocycles. The second-order valence-corrected chi connectivity index (χ2v) is 5.63. The van der Waals surface area contributed by atoms with Crippen LogP contribution in [0.2, 0.25) is 0 Å². The Bertz CT molecular complexity index is 441. The average Bonchev–Trinajstić information content (AvgIpc) is 2.47. The fourth-order valence-electron chi connectivity index (χ4n) is 2.06. The van der Waals surface area contributed by atoms with Crippen molar-refractivity contribution in [2.45, 2.75) is 59.3 Å². The van der Waals surface area contributed by atoms with Crippen LogP contribution in [0.3, 0.4) is 0 Å². The van der Waals surface area contributed by atoms with Gasteiger partial charge in [0.15, 0.2) is 0 Å². The van der Waals surface area contributed by atoms with Gasteiger partial charge in [0, 0.05) is 17.8 Å². The number of hydrogen-bond acceptors (Lipinski definition) is 3. The van der Waals surface area contributed by atoms with Crippen LogP contribution in [-0.2, 0) is 0 Å². The van der Waals surface area contributed by atoms with Gasteiger partial charge in [0.05, 0.1) is 13.2 Å². The number of nitrogens with one attached hydrogen (secondary N) is 1. The lowest BCUT2D eigenvalue weighted by Gasteiger charge is -2.18. The van der Waals surface area contributed by atoms with E-state index in [0.29, 0.717) is 12.5 Å². The zero-order valence-corrected chi connectivity index (χ0v) is 13.9. The van der Waals surface area contributed by atoms with E-state index in [9.17, 15) is 0 Å². The lowest BCUT2D eigenvalue weighted by atomic mass is 9.99. The van der Waals surface area contributed by atoms with Crippen LogP contribution < -0.4 is 9.47 Å². The van der Waals surface area contributed by atoms with Gasteiger partial charge in [-0.1, -0.05) is 40.5 Å². The highest BCUT2D eigenvalue weighted by molar-refractivity contribution is 5.82. The van der Waals surface area contributed by atoms with Gasteiger partial charge < -0.3 is 14.9 Å². The summed E-state index contributed by atoms with van der Waals surface area (Å²) in [4.78, 5) is 0. The molecule has 0 aliphatic rings. The van der Waals surface area contributed by atoms with Crippen molar-refractivity contribution in [1.29, 1.82) is 5.41 Å². The average molecular weight is 291 g/mol. The fraction of sp³-hybridized carbons (Fsp3) is 0.611. The normalized spacial score (nSPS) is 10.7. The third kappa shape index (κ3) is 5.41. The maximum Gasteiger partial charge on any atom is 0.131 e. The minimum atomic E-state index is 0.366. The summed E-state index contributed by atoms with van der Waals surface area (Å²) >= 11 is 0. The van der Waals surface area contributed by atoms with E-state index in [0.717, 1.165) is 54.9 Å². The lowest BCUT2D eigenvalue weighted by Crippen LogP contribution is -2.05. The summed E-state index contributed by atoms with van der Waals surface area (Å²) in [6.07, 6.45) is 5.66. The van der Waals surface area contributed by atoms with Crippen LogP contribution in [0.25, 0.3) is 0 Å². The van der Waals surface area contributed by atoms with Gasteiger partial charge in [-0.05, 0) is 30.4 Å². The first-order valence-corrected chi connectivity index (χ1v) is 8.08. The van der Waals surface area contributed by atoms with Crippen LogP contribution >= 0.6 is 0 Å². The first-order chi connectivity index (χ1) is 10.1. The first kappa shape index (κ1) is 17.5. The molecule has 0 radical (unpaired) electrons. The Morgan fingerprint density at radius 2 is 1.57 bits per heavy atom. The molecule has 0 aromatic heterocycles. The SMILES string of the molecule is CCCCOc1cc(OCCCC)c(C(C)C)cc1C=N. The van der Waals surface area contributed by atoms with Crippen LogP contribution in [0, 0.1) is 5.41 Å². The minimum absolute atomic E-state index is 0.366. The summed E-state index contributed by atoms with van der Waals surface area (Å²) in [6, 6.07) is 3.99. The largest absolute Gasteiger partial charge is 0.493 e. The molecule has 1 aromatic rings. The van der Waals surface area contributed by atoms with Crippen molar-refractivity contribution >= 4 is 6.21 Å². The summed E-state index contributed by atoms with van der Waals surface area (Å²) in [7, 11) is 0. The number of ether oxygens (including phenoxy) is 2. The van der Waals surface area contributed by atoms with Crippen molar-refractivity contribution in [1.82, 2.24) is 0 Å².